The van der Waals surface area contributed by atoms with Gasteiger partial charge in [-0.2, -0.15) is 5.10 Å². The molecular formula is C19H21FN4O4S2. The number of rotatable bonds is 9. The van der Waals surface area contributed by atoms with Crippen LogP contribution in [0, 0.1) is 5.82 Å². The zero-order valence-corrected chi connectivity index (χ0v) is 18.1. The fourth-order valence-corrected chi connectivity index (χ4v) is 4.61. The van der Waals surface area contributed by atoms with Crippen LogP contribution in [0.4, 0.5) is 4.39 Å². The summed E-state index contributed by atoms with van der Waals surface area (Å²) in [7, 11) is -0.494. The number of ether oxygens (including phenoxy) is 1. The predicted octanol–water partition coefficient (Wildman–Crippen LogP) is 2.83. The molecule has 0 spiro atoms. The minimum atomic E-state index is -3.73. The third-order valence-electron chi connectivity index (χ3n) is 4.26. The number of aryl methyl sites for hydroxylation is 1. The molecule has 0 fully saturated rings. The van der Waals surface area contributed by atoms with Crippen molar-refractivity contribution in [2.24, 2.45) is 7.05 Å². The monoisotopic (exact) mass is 452 g/mol. The summed E-state index contributed by atoms with van der Waals surface area (Å²) in [5.74, 6) is -0.939. The van der Waals surface area contributed by atoms with Gasteiger partial charge in [-0.3, -0.25) is 9.48 Å². The number of thiazole rings is 1. The molecule has 8 nitrogen and oxygen atoms in total. The summed E-state index contributed by atoms with van der Waals surface area (Å²) < 4.78 is 45.9. The lowest BCUT2D eigenvalue weighted by molar-refractivity contribution is -0.145. The minimum Gasteiger partial charge on any atom is -0.459 e. The second-order valence-corrected chi connectivity index (χ2v) is 9.49. The zero-order chi connectivity index (χ0) is 21.7. The van der Waals surface area contributed by atoms with Crippen LogP contribution < -0.4 is 0 Å². The van der Waals surface area contributed by atoms with Crippen molar-refractivity contribution < 1.29 is 22.3 Å². The van der Waals surface area contributed by atoms with Gasteiger partial charge in [0.1, 0.15) is 17.4 Å². The van der Waals surface area contributed by atoms with E-state index in [1.165, 1.54) is 30.5 Å². The minimum absolute atomic E-state index is 0.00179. The molecule has 0 radical (unpaired) electrons. The van der Waals surface area contributed by atoms with E-state index in [-0.39, 0.29) is 24.5 Å². The van der Waals surface area contributed by atoms with Gasteiger partial charge in [-0.25, -0.2) is 22.1 Å². The van der Waals surface area contributed by atoms with E-state index in [9.17, 15) is 17.6 Å². The second kappa shape index (κ2) is 9.45. The van der Waals surface area contributed by atoms with Crippen LogP contribution in [0.25, 0.3) is 10.6 Å². The molecule has 0 aliphatic heterocycles. The number of halogens is 1. The van der Waals surface area contributed by atoms with Gasteiger partial charge in [0.2, 0.25) is 10.0 Å². The highest BCUT2D eigenvalue weighted by Gasteiger charge is 2.20. The van der Waals surface area contributed by atoms with Gasteiger partial charge in [0.05, 0.1) is 16.8 Å². The fraction of sp³-hybridized carbons (Fsp3) is 0.316. The smallest absolute Gasteiger partial charge is 0.306 e. The van der Waals surface area contributed by atoms with E-state index in [1.807, 2.05) is 18.6 Å². The molecule has 0 amide bonds. The van der Waals surface area contributed by atoms with E-state index in [1.54, 1.807) is 10.9 Å². The maximum Gasteiger partial charge on any atom is 0.306 e. The van der Waals surface area contributed by atoms with Crippen LogP contribution in [0.5, 0.6) is 0 Å². The zero-order valence-electron chi connectivity index (χ0n) is 16.5. The molecule has 30 heavy (non-hydrogen) atoms. The summed E-state index contributed by atoms with van der Waals surface area (Å²) in [4.78, 5) is 16.4. The van der Waals surface area contributed by atoms with Gasteiger partial charge >= 0.3 is 5.97 Å². The Labute approximate surface area is 178 Å². The Bertz CT molecular complexity index is 1110. The van der Waals surface area contributed by atoms with Crippen molar-refractivity contribution in [2.75, 3.05) is 13.6 Å². The Morgan fingerprint density at radius 2 is 2.03 bits per heavy atom. The topological polar surface area (TPSA) is 94.4 Å². The maximum atomic E-state index is 13.0. The SMILES string of the molecule is CN(CCCC(=O)OCc1csc(-c2cnn(C)c2)n1)S(=O)(=O)c1ccc(F)cc1. The highest BCUT2D eigenvalue weighted by atomic mass is 32.2. The number of hydrogen-bond acceptors (Lipinski definition) is 7. The van der Waals surface area contributed by atoms with Gasteiger partial charge in [0.25, 0.3) is 0 Å². The van der Waals surface area contributed by atoms with Crippen LogP contribution in [0.1, 0.15) is 18.5 Å². The number of nitrogens with zero attached hydrogens (tertiary/aromatic N) is 4. The summed E-state index contributed by atoms with van der Waals surface area (Å²) in [6.07, 6.45) is 3.94. The lowest BCUT2D eigenvalue weighted by Crippen LogP contribution is -2.28. The van der Waals surface area contributed by atoms with Crippen molar-refractivity contribution >= 4 is 27.3 Å². The molecule has 11 heteroatoms. The Kier molecular flexibility index (Phi) is 6.95. The Balaban J connectivity index is 1.43. The first-order valence-electron chi connectivity index (χ1n) is 9.06. The van der Waals surface area contributed by atoms with Crippen LogP contribution in [0.2, 0.25) is 0 Å². The van der Waals surface area contributed by atoms with Crippen LogP contribution in [-0.4, -0.2) is 47.0 Å². The van der Waals surface area contributed by atoms with E-state index in [0.717, 1.165) is 27.0 Å². The van der Waals surface area contributed by atoms with Gasteiger partial charge in [0.15, 0.2) is 0 Å². The maximum absolute atomic E-state index is 13.0. The molecule has 1 aromatic carbocycles. The van der Waals surface area contributed by atoms with Crippen LogP contribution in [0.15, 0.2) is 46.9 Å². The highest BCUT2D eigenvalue weighted by Crippen LogP contribution is 2.23. The number of aromatic nitrogens is 3. The summed E-state index contributed by atoms with van der Waals surface area (Å²) in [5, 5.41) is 6.71. The quantitative estimate of drug-likeness (QED) is 0.464. The highest BCUT2D eigenvalue weighted by molar-refractivity contribution is 7.89. The van der Waals surface area contributed by atoms with Crippen molar-refractivity contribution in [3.05, 3.63) is 53.6 Å². The standard InChI is InChI=1S/C19H21FN4O4S2/c1-23-11-14(10-21-23)19-22-16(13-29-19)12-28-18(25)4-3-9-24(2)30(26,27)17-7-5-15(20)6-8-17/h5-8,10-11,13H,3-4,9,12H2,1-2H3. The predicted molar refractivity (Wildman–Crippen MR) is 110 cm³/mol. The van der Waals surface area contributed by atoms with Crippen molar-refractivity contribution in [2.45, 2.75) is 24.3 Å². The molecule has 0 unspecified atom stereocenters. The first kappa shape index (κ1) is 22.1. The van der Waals surface area contributed by atoms with Gasteiger partial charge in [-0.1, -0.05) is 0 Å². The fourth-order valence-electron chi connectivity index (χ4n) is 2.62. The molecule has 160 valence electrons. The molecule has 0 aliphatic carbocycles. The molecule has 0 N–H and O–H groups in total. The van der Waals surface area contributed by atoms with Gasteiger partial charge < -0.3 is 4.74 Å². The van der Waals surface area contributed by atoms with Crippen molar-refractivity contribution in [1.82, 2.24) is 19.1 Å². The molecule has 2 heterocycles. The average molecular weight is 453 g/mol. The van der Waals surface area contributed by atoms with E-state index in [4.69, 9.17) is 4.74 Å². The number of carbonyl (C=O) groups excluding carboxylic acids is 1. The van der Waals surface area contributed by atoms with E-state index in [0.29, 0.717) is 12.1 Å². The third kappa shape index (κ3) is 5.49. The molecule has 3 rings (SSSR count). The number of carbonyl (C=O) groups is 1. The summed E-state index contributed by atoms with van der Waals surface area (Å²) in [6.45, 7) is 0.190. The summed E-state index contributed by atoms with van der Waals surface area (Å²) in [6, 6.07) is 4.61. The number of sulfonamides is 1. The first-order valence-corrected chi connectivity index (χ1v) is 11.4. The molecule has 0 bridgehead atoms. The molecule has 0 saturated carbocycles. The molecule has 3 aromatic rings. The Morgan fingerprint density at radius 3 is 2.70 bits per heavy atom. The number of benzene rings is 1. The summed E-state index contributed by atoms with van der Waals surface area (Å²) >= 11 is 1.44. The second-order valence-electron chi connectivity index (χ2n) is 6.59. The van der Waals surface area contributed by atoms with E-state index < -0.39 is 21.8 Å². The first-order chi connectivity index (χ1) is 14.3. The normalized spacial score (nSPS) is 11.7. The van der Waals surface area contributed by atoms with Crippen LogP contribution >= 0.6 is 11.3 Å². The Morgan fingerprint density at radius 1 is 1.30 bits per heavy atom. The van der Waals surface area contributed by atoms with Crippen LogP contribution in [-0.2, 0) is 33.2 Å². The van der Waals surface area contributed by atoms with E-state index in [2.05, 4.69) is 10.1 Å². The average Bonchev–Trinajstić information content (AvgIpc) is 3.35. The van der Waals surface area contributed by atoms with Gasteiger partial charge in [-0.15, -0.1) is 11.3 Å². The van der Waals surface area contributed by atoms with Gasteiger partial charge in [-0.05, 0) is 30.7 Å². The van der Waals surface area contributed by atoms with Crippen LogP contribution in [0.3, 0.4) is 0 Å². The lowest BCUT2D eigenvalue weighted by Gasteiger charge is -2.16. The molecular weight excluding hydrogens is 431 g/mol. The van der Waals surface area contributed by atoms with Crippen molar-refractivity contribution in [3.8, 4) is 10.6 Å². The summed E-state index contributed by atoms with van der Waals surface area (Å²) in [5.41, 5.74) is 1.54. The number of esters is 1. The molecule has 0 atom stereocenters. The molecule has 0 saturated heterocycles. The van der Waals surface area contributed by atoms with Crippen molar-refractivity contribution in [3.63, 3.8) is 0 Å². The Hall–Kier alpha value is -2.63. The largest absolute Gasteiger partial charge is 0.459 e. The van der Waals surface area contributed by atoms with Gasteiger partial charge in [0, 0.05) is 44.2 Å². The third-order valence-corrected chi connectivity index (χ3v) is 7.07. The molecule has 2 aromatic heterocycles. The lowest BCUT2D eigenvalue weighted by atomic mass is 10.3. The van der Waals surface area contributed by atoms with Crippen molar-refractivity contribution in [1.29, 1.82) is 0 Å². The molecule has 0 aliphatic rings. The number of hydrogen-bond donors (Lipinski definition) is 0. The van der Waals surface area contributed by atoms with E-state index >= 15 is 0 Å².